The molecule has 0 aromatic rings. The third-order valence-electron chi connectivity index (χ3n) is 0. The molecule has 0 aromatic carbocycles. The minimum atomic E-state index is 0. The van der Waals surface area contributed by atoms with Gasteiger partial charge in [0.05, 0.1) is 0 Å². The zero-order chi connectivity index (χ0) is 0. The van der Waals surface area contributed by atoms with Gasteiger partial charge in [-0.05, 0) is 0 Å². The number of rotatable bonds is 0. The maximum Gasteiger partial charge on any atom is 0 e. The minimum absolute atomic E-state index is 0. The summed E-state index contributed by atoms with van der Waals surface area (Å²) in [5.74, 6) is 0. The summed E-state index contributed by atoms with van der Waals surface area (Å²) in [6.07, 6.45) is 0. The first-order valence-electron chi connectivity index (χ1n) is 0. The molecule has 0 aliphatic heterocycles. The van der Waals surface area contributed by atoms with Gasteiger partial charge in [-0.1, -0.05) is 0 Å². The topological polar surface area (TPSA) is 0 Å². The summed E-state index contributed by atoms with van der Waals surface area (Å²) in [6.45, 7) is 0. The zero-order valence-corrected chi connectivity index (χ0v) is 12.5. The molecule has 0 N–H and O–H groups in total. The van der Waals surface area contributed by atoms with Crippen molar-refractivity contribution < 1.29 is 36.5 Å². The van der Waals surface area contributed by atoms with Crippen molar-refractivity contribution in [1.82, 2.24) is 0 Å². The molecular weight excluding hydrogens is 450 g/mol. The molecule has 0 bridgehead atoms. The van der Waals surface area contributed by atoms with Crippen LogP contribution in [0.5, 0.6) is 0 Å². The third-order valence-corrected chi connectivity index (χ3v) is 0. The van der Waals surface area contributed by atoms with Crippen LogP contribution in [0.3, 0.4) is 0 Å². The van der Waals surface area contributed by atoms with E-state index in [9.17, 15) is 0 Å². The van der Waals surface area contributed by atoms with Crippen LogP contribution in [0.25, 0.3) is 0 Å². The molecule has 0 atom stereocenters. The molecule has 0 aromatic heterocycles. The quantitative estimate of drug-likeness (QED) is 0.426. The van der Waals surface area contributed by atoms with Crippen LogP contribution in [0, 0.1) is 0 Å². The SMILES string of the molecule is [Fe].[Pb].[Sb].[Zn]. The Balaban J connectivity index is 0. The van der Waals surface area contributed by atoms with Crippen LogP contribution in [-0.2, 0) is 36.5 Å². The van der Waals surface area contributed by atoms with Crippen molar-refractivity contribution in [2.24, 2.45) is 0 Å². The fraction of sp³-hybridized carbons (Fsp3) is 0. The summed E-state index contributed by atoms with van der Waals surface area (Å²) in [7, 11) is 0. The third kappa shape index (κ3) is 8.86. The molecule has 0 fully saturated rings. The molecule has 4 heavy (non-hydrogen) atoms. The van der Waals surface area contributed by atoms with E-state index in [1.54, 1.807) is 0 Å². The van der Waals surface area contributed by atoms with Crippen LogP contribution in [0.15, 0.2) is 0 Å². The number of hydrogen-bond donors (Lipinski definition) is 0. The Morgan fingerprint density at radius 1 is 1.00 bits per heavy atom. The van der Waals surface area contributed by atoms with Crippen LogP contribution in [0.2, 0.25) is 0 Å². The van der Waals surface area contributed by atoms with E-state index in [-0.39, 0.29) is 88.3 Å². The summed E-state index contributed by atoms with van der Waals surface area (Å²) in [6, 6.07) is 0. The van der Waals surface area contributed by atoms with E-state index < -0.39 is 0 Å². The van der Waals surface area contributed by atoms with E-state index in [1.807, 2.05) is 0 Å². The smallest absolute Gasteiger partial charge is 0 e. The summed E-state index contributed by atoms with van der Waals surface area (Å²) < 4.78 is 0. The first-order valence-corrected chi connectivity index (χ1v) is 0. The molecule has 4 heteroatoms. The van der Waals surface area contributed by atoms with E-state index in [0.29, 0.717) is 0 Å². The van der Waals surface area contributed by atoms with E-state index in [2.05, 4.69) is 0 Å². The van der Waals surface area contributed by atoms with Gasteiger partial charge in [-0.15, -0.1) is 0 Å². The van der Waals surface area contributed by atoms with Gasteiger partial charge >= 0.3 is 0 Å². The molecule has 7 radical (unpaired) electrons. The Labute approximate surface area is 86.7 Å². The maximum atomic E-state index is 0. The Hall–Kier alpha value is 2.88. The molecule has 0 aliphatic rings. The predicted octanol–water partition coefficient (Wildman–Crippen LogP) is -0.767. The van der Waals surface area contributed by atoms with Crippen molar-refractivity contribution in [2.75, 3.05) is 0 Å². The fourth-order valence-corrected chi connectivity index (χ4v) is 0. The first kappa shape index (κ1) is 28.7. The molecule has 0 saturated carbocycles. The first-order chi connectivity index (χ1) is 0. The second-order valence-corrected chi connectivity index (χ2v) is 0. The molecule has 0 spiro atoms. The van der Waals surface area contributed by atoms with Gasteiger partial charge in [-0.3, -0.25) is 0 Å². The Kier molecular flexibility index (Phi) is 121. The summed E-state index contributed by atoms with van der Waals surface area (Å²) in [5, 5.41) is 0. The average molecular weight is 450 g/mol. The van der Waals surface area contributed by atoms with E-state index >= 15 is 0 Å². The van der Waals surface area contributed by atoms with E-state index in [1.165, 1.54) is 0 Å². The molecule has 0 nitrogen and oxygen atoms in total. The van der Waals surface area contributed by atoms with Gasteiger partial charge in [0.2, 0.25) is 0 Å². The van der Waals surface area contributed by atoms with E-state index in [0.717, 1.165) is 0 Å². The van der Waals surface area contributed by atoms with Crippen molar-refractivity contribution in [3.63, 3.8) is 0 Å². The van der Waals surface area contributed by atoms with Gasteiger partial charge in [-0.25, -0.2) is 0 Å². The average Bonchev–Trinajstić information content (AvgIpc) is 0. The van der Waals surface area contributed by atoms with Crippen LogP contribution in [0.1, 0.15) is 0 Å². The van der Waals surface area contributed by atoms with Crippen molar-refractivity contribution >= 4 is 51.7 Å². The fourth-order valence-electron chi connectivity index (χ4n) is 0. The van der Waals surface area contributed by atoms with E-state index in [4.69, 9.17) is 0 Å². The van der Waals surface area contributed by atoms with Crippen molar-refractivity contribution in [3.8, 4) is 0 Å². The maximum absolute atomic E-state index is 0. The zero-order valence-electron chi connectivity index (χ0n) is 2.01. The molecule has 0 heterocycles. The van der Waals surface area contributed by atoms with Gasteiger partial charge in [-0.2, -0.15) is 0 Å². The second kappa shape index (κ2) is 16.9. The molecular formula is FePbSbZn. The molecule has 0 rings (SSSR count). The van der Waals surface area contributed by atoms with Crippen molar-refractivity contribution in [3.05, 3.63) is 0 Å². The minimum Gasteiger partial charge on any atom is 0 e. The van der Waals surface area contributed by atoms with Crippen LogP contribution >= 0.6 is 0 Å². The monoisotopic (exact) mass is 449 g/mol. The Bertz CT molecular complexity index is 8.00. The Morgan fingerprint density at radius 2 is 1.00 bits per heavy atom. The van der Waals surface area contributed by atoms with Crippen molar-refractivity contribution in [1.29, 1.82) is 0 Å². The molecule has 0 saturated heterocycles. The number of hydrogen-bond acceptors (Lipinski definition) is 0. The van der Waals surface area contributed by atoms with Gasteiger partial charge < -0.3 is 0 Å². The van der Waals surface area contributed by atoms with Crippen molar-refractivity contribution in [2.45, 2.75) is 0 Å². The standard InChI is InChI=1S/Fe.Pb.Sb.Zn. The largest absolute Gasteiger partial charge is 0 e. The van der Waals surface area contributed by atoms with Gasteiger partial charge in [0.1, 0.15) is 0 Å². The van der Waals surface area contributed by atoms with Gasteiger partial charge in [0.15, 0.2) is 0 Å². The molecule has 0 aliphatic carbocycles. The second-order valence-electron chi connectivity index (χ2n) is 0. The van der Waals surface area contributed by atoms with Gasteiger partial charge in [0, 0.05) is 88.3 Å². The predicted molar refractivity (Wildman–Crippen MR) is 11.5 cm³/mol. The molecule has 0 unspecified atom stereocenters. The summed E-state index contributed by atoms with van der Waals surface area (Å²) in [5.41, 5.74) is 0. The summed E-state index contributed by atoms with van der Waals surface area (Å²) in [4.78, 5) is 0. The summed E-state index contributed by atoms with van der Waals surface area (Å²) >= 11 is 0. The normalized spacial score (nSPS) is 0. The van der Waals surface area contributed by atoms with Crippen LogP contribution < -0.4 is 0 Å². The van der Waals surface area contributed by atoms with Gasteiger partial charge in [0.25, 0.3) is 0 Å². The van der Waals surface area contributed by atoms with Crippen LogP contribution in [0.4, 0.5) is 0 Å². The Morgan fingerprint density at radius 3 is 1.00 bits per heavy atom. The molecule has 19 valence electrons. The van der Waals surface area contributed by atoms with Crippen LogP contribution in [-0.4, -0.2) is 51.7 Å². The molecule has 0 amide bonds.